The summed E-state index contributed by atoms with van der Waals surface area (Å²) in [5.74, 6) is -0.156. The van der Waals surface area contributed by atoms with E-state index in [1.165, 1.54) is 4.90 Å². The summed E-state index contributed by atoms with van der Waals surface area (Å²) < 4.78 is 1.99. The highest BCUT2D eigenvalue weighted by atomic mass is 35.5. The summed E-state index contributed by atoms with van der Waals surface area (Å²) in [5.41, 5.74) is 1.78. The normalized spacial score (nSPS) is 14.8. The van der Waals surface area contributed by atoms with E-state index in [0.29, 0.717) is 23.6 Å². The average Bonchev–Trinajstić information content (AvgIpc) is 3.26. The van der Waals surface area contributed by atoms with Crippen LogP contribution < -0.4 is 0 Å². The van der Waals surface area contributed by atoms with Crippen molar-refractivity contribution in [3.05, 3.63) is 58.6 Å². The number of halogens is 1. The molecule has 8 nitrogen and oxygen atoms in total. The molecule has 0 unspecified atom stereocenters. The topological polar surface area (TPSA) is 95.1 Å². The van der Waals surface area contributed by atoms with Crippen LogP contribution in [0.1, 0.15) is 51.7 Å². The molecule has 3 aromatic rings. The van der Waals surface area contributed by atoms with Gasteiger partial charge in [0.05, 0.1) is 6.54 Å². The van der Waals surface area contributed by atoms with Crippen molar-refractivity contribution in [2.75, 3.05) is 6.54 Å². The van der Waals surface area contributed by atoms with Crippen LogP contribution in [0.15, 0.2) is 36.5 Å². The van der Waals surface area contributed by atoms with E-state index in [9.17, 15) is 14.9 Å². The van der Waals surface area contributed by atoms with Gasteiger partial charge in [-0.3, -0.25) is 9.69 Å². The zero-order valence-electron chi connectivity index (χ0n) is 20.7. The van der Waals surface area contributed by atoms with Gasteiger partial charge in [-0.15, -0.1) is 0 Å². The molecule has 9 heteroatoms. The van der Waals surface area contributed by atoms with Crippen LogP contribution in [0.4, 0.5) is 4.79 Å². The number of nitrogens with zero attached hydrogens (tertiary/aromatic N) is 6. The van der Waals surface area contributed by atoms with Gasteiger partial charge in [0.15, 0.2) is 0 Å². The Labute approximate surface area is 210 Å². The second-order valence-electron chi connectivity index (χ2n) is 10.8. The van der Waals surface area contributed by atoms with Gasteiger partial charge in [-0.25, -0.2) is 14.8 Å². The van der Waals surface area contributed by atoms with Crippen molar-refractivity contribution in [2.24, 2.45) is 5.41 Å². The van der Waals surface area contributed by atoms with Crippen molar-refractivity contribution in [3.63, 3.8) is 0 Å². The summed E-state index contributed by atoms with van der Waals surface area (Å²) >= 11 is 6.01. The lowest BCUT2D eigenvalue weighted by molar-refractivity contribution is -0.126. The number of aromatic nitrogens is 3. The minimum Gasteiger partial charge on any atom is -0.327 e. The number of nitriles is 1. The van der Waals surface area contributed by atoms with Gasteiger partial charge in [-0.1, -0.05) is 44.5 Å². The second-order valence-corrected chi connectivity index (χ2v) is 11.3. The van der Waals surface area contributed by atoms with Gasteiger partial charge < -0.3 is 9.47 Å². The summed E-state index contributed by atoms with van der Waals surface area (Å²) in [7, 11) is 0. The maximum atomic E-state index is 13.5. The molecule has 2 aromatic heterocycles. The molecule has 1 aliphatic rings. The highest BCUT2D eigenvalue weighted by Gasteiger charge is 2.43. The molecule has 3 heterocycles. The van der Waals surface area contributed by atoms with E-state index in [-0.39, 0.29) is 36.3 Å². The van der Waals surface area contributed by atoms with Crippen LogP contribution in [0.25, 0.3) is 11.0 Å². The smallest absolute Gasteiger partial charge is 0.327 e. The maximum absolute atomic E-state index is 13.5. The van der Waals surface area contributed by atoms with E-state index >= 15 is 0 Å². The number of rotatable bonds is 6. The van der Waals surface area contributed by atoms with E-state index in [2.05, 4.69) is 30.7 Å². The van der Waals surface area contributed by atoms with Crippen LogP contribution in [0.5, 0.6) is 0 Å². The van der Waals surface area contributed by atoms with Gasteiger partial charge in [0, 0.05) is 34.4 Å². The van der Waals surface area contributed by atoms with Crippen molar-refractivity contribution in [2.45, 2.75) is 59.7 Å². The molecule has 3 amide bonds. The summed E-state index contributed by atoms with van der Waals surface area (Å²) in [4.78, 5) is 37.9. The Morgan fingerprint density at radius 1 is 1.11 bits per heavy atom. The Kier molecular flexibility index (Phi) is 6.32. The standard InChI is InChI=1S/C26H29ClN6O2/c1-25(2,3)16-32-20(10-18-13-29-21(12-28)30-23(18)32)14-31-22(34)15-33(24(31)35)26(4,5)11-17-6-8-19(27)9-7-17/h6-10,13H,11,14-16H2,1-5H3. The van der Waals surface area contributed by atoms with Crippen molar-refractivity contribution < 1.29 is 9.59 Å². The molecule has 0 aliphatic carbocycles. The number of carbonyl (C=O) groups excluding carboxylic acids is 2. The first-order valence-corrected chi connectivity index (χ1v) is 11.9. The number of urea groups is 1. The molecular weight excluding hydrogens is 464 g/mol. The second kappa shape index (κ2) is 8.97. The molecular formula is C26H29ClN6O2. The third kappa shape index (κ3) is 5.15. The Morgan fingerprint density at radius 2 is 1.80 bits per heavy atom. The number of fused-ring (bicyclic) bond motifs is 1. The molecule has 4 rings (SSSR count). The number of hydrogen-bond acceptors (Lipinski definition) is 5. The minimum absolute atomic E-state index is 0.0251. The van der Waals surface area contributed by atoms with Gasteiger partial charge in [-0.05, 0) is 49.4 Å². The van der Waals surface area contributed by atoms with Gasteiger partial charge in [-0.2, -0.15) is 5.26 Å². The Bertz CT molecular complexity index is 1330. The summed E-state index contributed by atoms with van der Waals surface area (Å²) in [6.45, 7) is 11.0. The fraction of sp³-hybridized carbons (Fsp3) is 0.423. The molecule has 1 fully saturated rings. The molecule has 182 valence electrons. The predicted molar refractivity (Wildman–Crippen MR) is 134 cm³/mol. The first-order valence-electron chi connectivity index (χ1n) is 11.5. The van der Waals surface area contributed by atoms with Crippen LogP contribution >= 0.6 is 11.6 Å². The van der Waals surface area contributed by atoms with Crippen LogP contribution in [0.2, 0.25) is 5.02 Å². The molecule has 0 saturated carbocycles. The van der Waals surface area contributed by atoms with E-state index < -0.39 is 5.54 Å². The van der Waals surface area contributed by atoms with Crippen molar-refractivity contribution in [3.8, 4) is 6.07 Å². The molecule has 1 saturated heterocycles. The summed E-state index contributed by atoms with van der Waals surface area (Å²) in [6, 6.07) is 11.1. The summed E-state index contributed by atoms with van der Waals surface area (Å²) in [6.07, 6.45) is 2.20. The number of hydrogen-bond donors (Lipinski definition) is 0. The van der Waals surface area contributed by atoms with E-state index in [1.54, 1.807) is 11.1 Å². The summed E-state index contributed by atoms with van der Waals surface area (Å²) in [5, 5.41) is 10.7. The maximum Gasteiger partial charge on any atom is 0.328 e. The Hall–Kier alpha value is -3.44. The number of carbonyl (C=O) groups is 2. The first kappa shape index (κ1) is 24.7. The first-order chi connectivity index (χ1) is 16.4. The van der Waals surface area contributed by atoms with Gasteiger partial charge in [0.25, 0.3) is 5.91 Å². The van der Waals surface area contributed by atoms with Crippen molar-refractivity contribution >= 4 is 34.6 Å². The highest BCUT2D eigenvalue weighted by Crippen LogP contribution is 2.30. The minimum atomic E-state index is -0.569. The predicted octanol–water partition coefficient (Wildman–Crippen LogP) is 4.79. The van der Waals surface area contributed by atoms with Crippen LogP contribution in [-0.4, -0.2) is 48.4 Å². The molecule has 1 aliphatic heterocycles. The zero-order valence-corrected chi connectivity index (χ0v) is 21.4. The van der Waals surface area contributed by atoms with Crippen LogP contribution in [0, 0.1) is 16.7 Å². The Balaban J connectivity index is 1.63. The largest absolute Gasteiger partial charge is 0.328 e. The lowest BCUT2D eigenvalue weighted by atomic mass is 9.93. The highest BCUT2D eigenvalue weighted by molar-refractivity contribution is 6.30. The monoisotopic (exact) mass is 492 g/mol. The zero-order chi connectivity index (χ0) is 25.5. The van der Waals surface area contributed by atoms with Gasteiger partial charge in [0.1, 0.15) is 18.3 Å². The number of amides is 3. The number of imide groups is 1. The molecule has 0 bridgehead atoms. The number of benzene rings is 1. The molecule has 0 N–H and O–H groups in total. The quantitative estimate of drug-likeness (QED) is 0.461. The fourth-order valence-corrected chi connectivity index (χ4v) is 4.58. The molecule has 35 heavy (non-hydrogen) atoms. The van der Waals surface area contributed by atoms with E-state index in [0.717, 1.165) is 16.6 Å². The lowest BCUT2D eigenvalue weighted by Crippen LogP contribution is -2.47. The SMILES string of the molecule is CC(C)(C)Cn1c(CN2C(=O)CN(C(C)(C)Cc3ccc(Cl)cc3)C2=O)cc2cnc(C#N)nc21. The lowest BCUT2D eigenvalue weighted by Gasteiger charge is -2.35. The third-order valence-corrected chi connectivity index (χ3v) is 6.36. The van der Waals surface area contributed by atoms with Crippen LogP contribution in [0.3, 0.4) is 0 Å². The van der Waals surface area contributed by atoms with Crippen molar-refractivity contribution in [1.29, 1.82) is 5.26 Å². The van der Waals surface area contributed by atoms with Gasteiger partial charge in [0.2, 0.25) is 5.82 Å². The fourth-order valence-electron chi connectivity index (χ4n) is 4.46. The average molecular weight is 493 g/mol. The molecule has 1 aromatic carbocycles. The van der Waals surface area contributed by atoms with Gasteiger partial charge >= 0.3 is 6.03 Å². The van der Waals surface area contributed by atoms with Crippen molar-refractivity contribution in [1.82, 2.24) is 24.3 Å². The Morgan fingerprint density at radius 3 is 2.43 bits per heavy atom. The van der Waals surface area contributed by atoms with E-state index in [1.807, 2.05) is 54.8 Å². The van der Waals surface area contributed by atoms with E-state index in [4.69, 9.17) is 11.6 Å². The molecule has 0 spiro atoms. The molecule has 0 atom stereocenters. The third-order valence-electron chi connectivity index (χ3n) is 6.11. The van der Waals surface area contributed by atoms with Crippen LogP contribution in [-0.2, 0) is 24.3 Å². The molecule has 0 radical (unpaired) electrons.